The second-order valence-electron chi connectivity index (χ2n) is 6.51. The standard InChI is InChI=1S/C23H15BrFN3O4/c24-21-12-15(11-17(13-26)16-2-8-20(9-3-16)28(30)31)1-10-22(21)32-14-23(29)27-19-6-4-18(25)5-7-19/h1-12H,14H2,(H,27,29)/b17-11+. The van der Waals surface area contributed by atoms with Gasteiger partial charge in [0.1, 0.15) is 11.6 Å². The van der Waals surface area contributed by atoms with Gasteiger partial charge in [0.2, 0.25) is 0 Å². The number of allylic oxidation sites excluding steroid dienone is 1. The van der Waals surface area contributed by atoms with Gasteiger partial charge < -0.3 is 10.1 Å². The van der Waals surface area contributed by atoms with E-state index in [0.29, 0.717) is 32.6 Å². The van der Waals surface area contributed by atoms with E-state index in [1.807, 2.05) is 0 Å². The second kappa shape index (κ2) is 10.3. The number of nitro groups is 1. The predicted molar refractivity (Wildman–Crippen MR) is 121 cm³/mol. The molecule has 3 aromatic rings. The highest BCUT2D eigenvalue weighted by Crippen LogP contribution is 2.28. The van der Waals surface area contributed by atoms with Crippen LogP contribution in [-0.4, -0.2) is 17.4 Å². The summed E-state index contributed by atoms with van der Waals surface area (Å²) in [5, 5.41) is 22.9. The average molecular weight is 496 g/mol. The van der Waals surface area contributed by atoms with Gasteiger partial charge in [0.15, 0.2) is 6.61 Å². The molecule has 7 nitrogen and oxygen atoms in total. The van der Waals surface area contributed by atoms with Crippen LogP contribution in [0.25, 0.3) is 11.6 Å². The maximum atomic E-state index is 12.9. The Labute approximate surface area is 191 Å². The van der Waals surface area contributed by atoms with E-state index in [9.17, 15) is 24.6 Å². The molecule has 0 heterocycles. The maximum absolute atomic E-state index is 12.9. The third-order valence-electron chi connectivity index (χ3n) is 4.26. The molecule has 0 bridgehead atoms. The van der Waals surface area contributed by atoms with E-state index >= 15 is 0 Å². The summed E-state index contributed by atoms with van der Waals surface area (Å²) in [7, 11) is 0. The number of nitriles is 1. The summed E-state index contributed by atoms with van der Waals surface area (Å²) < 4.78 is 19.0. The number of carbonyl (C=O) groups excluding carboxylic acids is 1. The molecule has 3 aromatic carbocycles. The number of amides is 1. The Morgan fingerprint density at radius 2 is 1.84 bits per heavy atom. The van der Waals surface area contributed by atoms with Crippen molar-refractivity contribution in [3.63, 3.8) is 0 Å². The lowest BCUT2D eigenvalue weighted by molar-refractivity contribution is -0.384. The summed E-state index contributed by atoms with van der Waals surface area (Å²) in [6, 6.07) is 18.2. The van der Waals surface area contributed by atoms with Crippen LogP contribution in [0.15, 0.2) is 71.2 Å². The summed E-state index contributed by atoms with van der Waals surface area (Å²) in [5.41, 5.74) is 1.97. The zero-order valence-corrected chi connectivity index (χ0v) is 18.0. The largest absolute Gasteiger partial charge is 0.483 e. The van der Waals surface area contributed by atoms with Gasteiger partial charge in [-0.3, -0.25) is 14.9 Å². The second-order valence-corrected chi connectivity index (χ2v) is 7.36. The summed E-state index contributed by atoms with van der Waals surface area (Å²) in [5.74, 6) is -0.381. The van der Waals surface area contributed by atoms with E-state index in [1.54, 1.807) is 24.3 Å². The van der Waals surface area contributed by atoms with Crippen LogP contribution in [-0.2, 0) is 4.79 Å². The Hall–Kier alpha value is -4.03. The molecule has 0 unspecified atom stereocenters. The van der Waals surface area contributed by atoms with Crippen LogP contribution in [0.4, 0.5) is 15.8 Å². The fraction of sp³-hybridized carbons (Fsp3) is 0.0435. The molecule has 0 saturated heterocycles. The molecule has 0 atom stereocenters. The van der Waals surface area contributed by atoms with Gasteiger partial charge in [-0.1, -0.05) is 6.07 Å². The van der Waals surface area contributed by atoms with Crippen LogP contribution < -0.4 is 10.1 Å². The van der Waals surface area contributed by atoms with E-state index in [4.69, 9.17) is 4.74 Å². The molecule has 0 spiro atoms. The quantitative estimate of drug-likeness (QED) is 0.199. The zero-order valence-electron chi connectivity index (χ0n) is 16.4. The number of carbonyl (C=O) groups is 1. The van der Waals surface area contributed by atoms with Crippen molar-refractivity contribution in [2.75, 3.05) is 11.9 Å². The van der Waals surface area contributed by atoms with Crippen LogP contribution in [0.3, 0.4) is 0 Å². The van der Waals surface area contributed by atoms with Crippen LogP contribution in [0.5, 0.6) is 5.75 Å². The minimum absolute atomic E-state index is 0.0567. The molecule has 0 aliphatic heterocycles. The number of non-ortho nitro benzene ring substituents is 1. The van der Waals surface area contributed by atoms with Crippen molar-refractivity contribution < 1.29 is 18.8 Å². The first-order valence-corrected chi connectivity index (χ1v) is 9.99. The van der Waals surface area contributed by atoms with Crippen LogP contribution >= 0.6 is 15.9 Å². The van der Waals surface area contributed by atoms with Gasteiger partial charge in [-0.25, -0.2) is 4.39 Å². The molecular weight excluding hydrogens is 481 g/mol. The average Bonchev–Trinajstić information content (AvgIpc) is 2.78. The Morgan fingerprint density at radius 1 is 1.16 bits per heavy atom. The van der Waals surface area contributed by atoms with Crippen LogP contribution in [0, 0.1) is 27.3 Å². The molecule has 160 valence electrons. The lowest BCUT2D eigenvalue weighted by Gasteiger charge is -2.10. The van der Waals surface area contributed by atoms with Gasteiger partial charge in [0.25, 0.3) is 11.6 Å². The van der Waals surface area contributed by atoms with E-state index in [2.05, 4.69) is 27.3 Å². The van der Waals surface area contributed by atoms with Crippen molar-refractivity contribution in [3.8, 4) is 11.8 Å². The van der Waals surface area contributed by atoms with Crippen molar-refractivity contribution in [2.45, 2.75) is 0 Å². The summed E-state index contributed by atoms with van der Waals surface area (Å²) in [6.07, 6.45) is 1.64. The summed E-state index contributed by atoms with van der Waals surface area (Å²) >= 11 is 3.38. The Balaban J connectivity index is 1.67. The Bertz CT molecular complexity index is 1220. The number of benzene rings is 3. The molecule has 9 heteroatoms. The van der Waals surface area contributed by atoms with Gasteiger partial charge in [-0.05, 0) is 81.7 Å². The topological polar surface area (TPSA) is 105 Å². The van der Waals surface area contributed by atoms with Crippen molar-refractivity contribution in [3.05, 3.63) is 98.3 Å². The Morgan fingerprint density at radius 3 is 2.44 bits per heavy atom. The molecule has 0 radical (unpaired) electrons. The van der Waals surface area contributed by atoms with E-state index < -0.39 is 16.6 Å². The van der Waals surface area contributed by atoms with Crippen LogP contribution in [0.1, 0.15) is 11.1 Å². The molecule has 0 saturated carbocycles. The van der Waals surface area contributed by atoms with Crippen molar-refractivity contribution >= 4 is 44.9 Å². The number of halogens is 2. The minimum Gasteiger partial charge on any atom is -0.483 e. The lowest BCUT2D eigenvalue weighted by atomic mass is 10.0. The number of nitrogens with one attached hydrogen (secondary N) is 1. The van der Waals surface area contributed by atoms with Crippen molar-refractivity contribution in [1.29, 1.82) is 5.26 Å². The molecule has 3 rings (SSSR count). The molecule has 32 heavy (non-hydrogen) atoms. The van der Waals surface area contributed by atoms with Gasteiger partial charge >= 0.3 is 0 Å². The third-order valence-corrected chi connectivity index (χ3v) is 4.88. The smallest absolute Gasteiger partial charge is 0.269 e. The number of ether oxygens (including phenoxy) is 1. The molecular formula is C23H15BrFN3O4. The highest BCUT2D eigenvalue weighted by molar-refractivity contribution is 9.10. The van der Waals surface area contributed by atoms with Crippen molar-refractivity contribution in [2.24, 2.45) is 0 Å². The number of hydrogen-bond acceptors (Lipinski definition) is 5. The fourth-order valence-electron chi connectivity index (χ4n) is 2.71. The highest BCUT2D eigenvalue weighted by Gasteiger charge is 2.09. The van der Waals surface area contributed by atoms with Gasteiger partial charge in [-0.15, -0.1) is 0 Å². The SMILES string of the molecule is N#C/C(=C\c1ccc(OCC(=O)Nc2ccc(F)cc2)c(Br)c1)c1ccc([N+](=O)[O-])cc1. The van der Waals surface area contributed by atoms with Crippen molar-refractivity contribution in [1.82, 2.24) is 0 Å². The number of anilines is 1. The number of nitro benzene ring substituents is 1. The minimum atomic E-state index is -0.505. The third kappa shape index (κ3) is 6.00. The zero-order chi connectivity index (χ0) is 23.1. The van der Waals surface area contributed by atoms with E-state index in [1.165, 1.54) is 48.5 Å². The highest BCUT2D eigenvalue weighted by atomic mass is 79.9. The first kappa shape index (κ1) is 22.7. The lowest BCUT2D eigenvalue weighted by Crippen LogP contribution is -2.20. The molecule has 0 aliphatic rings. The first-order valence-electron chi connectivity index (χ1n) is 9.20. The number of hydrogen-bond donors (Lipinski definition) is 1. The molecule has 1 N–H and O–H groups in total. The van der Waals surface area contributed by atoms with Gasteiger partial charge in [-0.2, -0.15) is 5.26 Å². The first-order chi connectivity index (χ1) is 15.4. The van der Waals surface area contributed by atoms with E-state index in [-0.39, 0.29) is 12.3 Å². The van der Waals surface area contributed by atoms with Gasteiger partial charge in [0, 0.05) is 17.8 Å². The Kier molecular flexibility index (Phi) is 7.31. The monoisotopic (exact) mass is 495 g/mol. The number of rotatable bonds is 7. The maximum Gasteiger partial charge on any atom is 0.269 e. The number of nitrogens with zero attached hydrogens (tertiary/aromatic N) is 2. The predicted octanol–water partition coefficient (Wildman–Crippen LogP) is 5.58. The summed E-state index contributed by atoms with van der Waals surface area (Å²) in [6.45, 7) is -0.253. The van der Waals surface area contributed by atoms with Crippen LogP contribution in [0.2, 0.25) is 0 Å². The van der Waals surface area contributed by atoms with Gasteiger partial charge in [0.05, 0.1) is 21.0 Å². The molecule has 0 fully saturated rings. The van der Waals surface area contributed by atoms with E-state index in [0.717, 1.165) is 0 Å². The molecule has 0 aromatic heterocycles. The normalized spacial score (nSPS) is 10.8. The molecule has 0 aliphatic carbocycles. The molecule has 1 amide bonds. The fourth-order valence-corrected chi connectivity index (χ4v) is 3.22. The summed E-state index contributed by atoms with van der Waals surface area (Å²) in [4.78, 5) is 22.3.